The van der Waals surface area contributed by atoms with Crippen molar-refractivity contribution in [2.75, 3.05) is 26.2 Å². The first-order chi connectivity index (χ1) is 10.1. The zero-order valence-electron chi connectivity index (χ0n) is 12.9. The van der Waals surface area contributed by atoms with Crippen LogP contribution in [0.1, 0.15) is 42.7 Å². The first-order valence-corrected chi connectivity index (χ1v) is 8.17. The first kappa shape index (κ1) is 16.2. The maximum atomic E-state index is 12.3. The van der Waals surface area contributed by atoms with Gasteiger partial charge in [-0.1, -0.05) is 31.9 Å². The van der Waals surface area contributed by atoms with Gasteiger partial charge in [0, 0.05) is 24.3 Å². The molecule has 1 aliphatic heterocycles. The maximum absolute atomic E-state index is 12.3. The van der Waals surface area contributed by atoms with Gasteiger partial charge in [-0.2, -0.15) is 0 Å². The number of amides is 1. The highest BCUT2D eigenvalue weighted by atomic mass is 35.5. The van der Waals surface area contributed by atoms with E-state index in [9.17, 15) is 4.79 Å². The highest BCUT2D eigenvalue weighted by Crippen LogP contribution is 2.16. The van der Waals surface area contributed by atoms with Gasteiger partial charge in [-0.15, -0.1) is 0 Å². The van der Waals surface area contributed by atoms with Gasteiger partial charge in [-0.05, 0) is 44.0 Å². The van der Waals surface area contributed by atoms with Crippen molar-refractivity contribution in [1.29, 1.82) is 0 Å². The summed E-state index contributed by atoms with van der Waals surface area (Å²) in [6.07, 6.45) is 2.99. The Kier molecular flexibility index (Phi) is 6.00. The summed E-state index contributed by atoms with van der Waals surface area (Å²) in [5.74, 6) is 0.507. The van der Waals surface area contributed by atoms with E-state index in [1.165, 1.54) is 0 Å². The fraction of sp³-hybridized carbons (Fsp3) is 0.625. The summed E-state index contributed by atoms with van der Waals surface area (Å²) in [6, 6.07) is 3.49. The second-order valence-corrected chi connectivity index (χ2v) is 6.07. The van der Waals surface area contributed by atoms with Crippen molar-refractivity contribution in [2.45, 2.75) is 33.1 Å². The number of nitrogens with one attached hydrogen (secondary N) is 1. The minimum atomic E-state index is -0.0494. The van der Waals surface area contributed by atoms with Crippen LogP contribution in [-0.4, -0.2) is 42.0 Å². The van der Waals surface area contributed by atoms with Gasteiger partial charge >= 0.3 is 0 Å². The number of aromatic nitrogens is 1. The summed E-state index contributed by atoms with van der Waals surface area (Å²) >= 11 is 6.00. The largest absolute Gasteiger partial charge is 0.352 e. The summed E-state index contributed by atoms with van der Waals surface area (Å²) in [4.78, 5) is 18.9. The van der Waals surface area contributed by atoms with E-state index >= 15 is 0 Å². The molecule has 5 heteroatoms. The number of likely N-dealkylation sites (tertiary alicyclic amines) is 1. The molecule has 21 heavy (non-hydrogen) atoms. The predicted molar refractivity (Wildman–Crippen MR) is 85.8 cm³/mol. The van der Waals surface area contributed by atoms with Gasteiger partial charge in [0.25, 0.3) is 5.91 Å². The molecule has 0 spiro atoms. The van der Waals surface area contributed by atoms with E-state index in [1.54, 1.807) is 6.07 Å². The van der Waals surface area contributed by atoms with Crippen molar-refractivity contribution >= 4 is 17.5 Å². The quantitative estimate of drug-likeness (QED) is 0.822. The molecule has 1 aliphatic rings. The molecule has 2 heterocycles. The number of pyridine rings is 1. The molecule has 0 bridgehead atoms. The van der Waals surface area contributed by atoms with E-state index < -0.39 is 0 Å². The Bertz CT molecular complexity index is 492. The van der Waals surface area contributed by atoms with E-state index in [4.69, 9.17) is 11.6 Å². The van der Waals surface area contributed by atoms with Gasteiger partial charge in [-0.3, -0.25) is 4.79 Å². The fourth-order valence-electron chi connectivity index (χ4n) is 2.77. The molecule has 1 atom stereocenters. The molecule has 2 rings (SSSR count). The van der Waals surface area contributed by atoms with Crippen LogP contribution in [0, 0.1) is 5.92 Å². The Labute approximate surface area is 131 Å². The highest BCUT2D eigenvalue weighted by molar-refractivity contribution is 6.29. The van der Waals surface area contributed by atoms with Crippen molar-refractivity contribution in [2.24, 2.45) is 5.92 Å². The van der Waals surface area contributed by atoms with Crippen molar-refractivity contribution in [3.63, 3.8) is 0 Å². The normalized spacial score (nSPS) is 18.9. The standard InChI is InChI=1S/C16H24ClN3O/c1-3-5-14-8-13(9-15(17)19-14)16(21)18-10-12-6-7-20(4-2)11-12/h8-9,12H,3-7,10-11H2,1-2H3,(H,18,21). The van der Waals surface area contributed by atoms with Crippen LogP contribution >= 0.6 is 11.6 Å². The number of nitrogens with zero attached hydrogens (tertiary/aromatic N) is 2. The van der Waals surface area contributed by atoms with Crippen LogP contribution in [0.5, 0.6) is 0 Å². The van der Waals surface area contributed by atoms with Crippen molar-refractivity contribution in [1.82, 2.24) is 15.2 Å². The van der Waals surface area contributed by atoms with Crippen LogP contribution in [-0.2, 0) is 6.42 Å². The lowest BCUT2D eigenvalue weighted by Crippen LogP contribution is -2.31. The van der Waals surface area contributed by atoms with Gasteiger partial charge in [0.1, 0.15) is 5.15 Å². The Morgan fingerprint density at radius 2 is 2.29 bits per heavy atom. The van der Waals surface area contributed by atoms with Gasteiger partial charge in [0.05, 0.1) is 0 Å². The van der Waals surface area contributed by atoms with Crippen LogP contribution in [0.3, 0.4) is 0 Å². The molecule has 1 fully saturated rings. The maximum Gasteiger partial charge on any atom is 0.251 e. The van der Waals surface area contributed by atoms with Crippen molar-refractivity contribution in [3.8, 4) is 0 Å². The van der Waals surface area contributed by atoms with E-state index in [1.807, 2.05) is 6.07 Å². The number of carbonyl (C=O) groups is 1. The molecular weight excluding hydrogens is 286 g/mol. The third-order valence-electron chi connectivity index (χ3n) is 3.98. The number of hydrogen-bond acceptors (Lipinski definition) is 3. The zero-order valence-corrected chi connectivity index (χ0v) is 13.6. The summed E-state index contributed by atoms with van der Waals surface area (Å²) in [7, 11) is 0. The average molecular weight is 310 g/mol. The highest BCUT2D eigenvalue weighted by Gasteiger charge is 2.21. The zero-order chi connectivity index (χ0) is 15.2. The Morgan fingerprint density at radius 3 is 2.95 bits per heavy atom. The summed E-state index contributed by atoms with van der Waals surface area (Å²) < 4.78 is 0. The molecule has 1 saturated heterocycles. The lowest BCUT2D eigenvalue weighted by atomic mass is 10.1. The monoisotopic (exact) mass is 309 g/mol. The Morgan fingerprint density at radius 1 is 1.48 bits per heavy atom. The molecule has 1 unspecified atom stereocenters. The molecule has 0 saturated carbocycles. The number of carbonyl (C=O) groups excluding carboxylic acids is 1. The lowest BCUT2D eigenvalue weighted by Gasteiger charge is -2.14. The molecule has 0 aromatic carbocycles. The SMILES string of the molecule is CCCc1cc(C(=O)NCC2CCN(CC)C2)cc(Cl)n1. The van der Waals surface area contributed by atoms with Crippen LogP contribution in [0.15, 0.2) is 12.1 Å². The minimum absolute atomic E-state index is 0.0494. The topological polar surface area (TPSA) is 45.2 Å². The van der Waals surface area contributed by atoms with Crippen LogP contribution in [0.25, 0.3) is 0 Å². The van der Waals surface area contributed by atoms with Crippen molar-refractivity contribution < 1.29 is 4.79 Å². The van der Waals surface area contributed by atoms with E-state index in [-0.39, 0.29) is 5.91 Å². The molecule has 1 aromatic heterocycles. The molecule has 4 nitrogen and oxygen atoms in total. The molecule has 0 radical (unpaired) electrons. The van der Waals surface area contributed by atoms with Gasteiger partial charge < -0.3 is 10.2 Å². The third kappa shape index (κ3) is 4.68. The lowest BCUT2D eigenvalue weighted by molar-refractivity contribution is 0.0947. The molecular formula is C16H24ClN3O. The van der Waals surface area contributed by atoms with Crippen LogP contribution in [0.4, 0.5) is 0 Å². The minimum Gasteiger partial charge on any atom is -0.352 e. The van der Waals surface area contributed by atoms with Gasteiger partial charge in [0.15, 0.2) is 0 Å². The molecule has 0 aliphatic carbocycles. The first-order valence-electron chi connectivity index (χ1n) is 7.79. The summed E-state index contributed by atoms with van der Waals surface area (Å²) in [5, 5.41) is 3.42. The average Bonchev–Trinajstić information content (AvgIpc) is 2.92. The van der Waals surface area contributed by atoms with Gasteiger partial charge in [0.2, 0.25) is 0 Å². The molecule has 1 aromatic rings. The number of hydrogen-bond donors (Lipinski definition) is 1. The molecule has 116 valence electrons. The number of halogens is 1. The second-order valence-electron chi connectivity index (χ2n) is 5.68. The predicted octanol–water partition coefficient (Wildman–Crippen LogP) is 2.76. The van der Waals surface area contributed by atoms with Crippen LogP contribution in [0.2, 0.25) is 5.15 Å². The van der Waals surface area contributed by atoms with E-state index in [0.717, 1.165) is 51.1 Å². The Balaban J connectivity index is 1.91. The van der Waals surface area contributed by atoms with Gasteiger partial charge in [-0.25, -0.2) is 4.98 Å². The summed E-state index contributed by atoms with van der Waals surface area (Å²) in [5.41, 5.74) is 1.50. The third-order valence-corrected chi connectivity index (χ3v) is 4.18. The van der Waals surface area contributed by atoms with E-state index in [0.29, 0.717) is 16.6 Å². The molecule has 1 N–H and O–H groups in total. The second kappa shape index (κ2) is 7.76. The Hall–Kier alpha value is -1.13. The number of aryl methyl sites for hydroxylation is 1. The van der Waals surface area contributed by atoms with E-state index in [2.05, 4.69) is 29.0 Å². The van der Waals surface area contributed by atoms with Crippen LogP contribution < -0.4 is 5.32 Å². The fourth-order valence-corrected chi connectivity index (χ4v) is 3.00. The van der Waals surface area contributed by atoms with Crippen molar-refractivity contribution in [3.05, 3.63) is 28.5 Å². The molecule has 1 amide bonds. The summed E-state index contributed by atoms with van der Waals surface area (Å²) in [6.45, 7) is 8.30. The number of rotatable bonds is 6. The smallest absolute Gasteiger partial charge is 0.251 e.